The van der Waals surface area contributed by atoms with Crippen LogP contribution in [0.5, 0.6) is 0 Å². The third kappa shape index (κ3) is 6.84. The van der Waals surface area contributed by atoms with Crippen LogP contribution in [-0.2, 0) is 6.42 Å². The second-order valence-electron chi connectivity index (χ2n) is 7.04. The third-order valence-corrected chi connectivity index (χ3v) is 3.42. The Labute approximate surface area is 155 Å². The van der Waals surface area contributed by atoms with Gasteiger partial charge in [-0.1, -0.05) is 38.1 Å². The van der Waals surface area contributed by atoms with Crippen molar-refractivity contribution in [3.63, 3.8) is 0 Å². The van der Waals surface area contributed by atoms with Gasteiger partial charge in [-0.15, -0.1) is 12.4 Å². The molecule has 138 valence electrons. The molecule has 0 aliphatic rings. The van der Waals surface area contributed by atoms with Crippen molar-refractivity contribution in [1.29, 1.82) is 0 Å². The maximum Gasteiger partial charge on any atom is 0.251 e. The van der Waals surface area contributed by atoms with Crippen molar-refractivity contribution < 1.29 is 9.32 Å². The van der Waals surface area contributed by atoms with E-state index >= 15 is 0 Å². The predicted octanol–water partition coefficient (Wildman–Crippen LogP) is 3.09. The topological polar surface area (TPSA) is 80.0 Å². The molecule has 7 heteroatoms. The van der Waals surface area contributed by atoms with Gasteiger partial charge in [-0.25, -0.2) is 0 Å². The average Bonchev–Trinajstić information content (AvgIpc) is 2.98. The molecule has 1 aromatic carbocycles. The lowest BCUT2D eigenvalue weighted by molar-refractivity contribution is 0.0953. The van der Waals surface area contributed by atoms with E-state index in [1.54, 1.807) is 12.1 Å². The molecule has 0 unspecified atom stereocenters. The number of halogens is 1. The summed E-state index contributed by atoms with van der Waals surface area (Å²) in [5.74, 6) is 1.03. The first-order valence-corrected chi connectivity index (χ1v) is 8.25. The fourth-order valence-electron chi connectivity index (χ4n) is 2.27. The van der Waals surface area contributed by atoms with Crippen molar-refractivity contribution in [2.45, 2.75) is 33.6 Å². The number of carbonyl (C=O) groups excluding carboxylic acids is 1. The Balaban J connectivity index is 0.00000312. The molecular formula is C18H27ClN4O2. The molecule has 0 radical (unpaired) electrons. The van der Waals surface area contributed by atoms with Crippen LogP contribution in [0, 0.1) is 5.41 Å². The standard InChI is InChI=1S/C18H26N4O2.ClH/c1-18(2,3)12-15-21-16(22-24-15)13-7-5-8-14(11-13)17(23)20-10-6-9-19-4;/h5,7-8,11,19H,6,9-10,12H2,1-4H3,(H,20,23);1H. The molecule has 1 heterocycles. The van der Waals surface area contributed by atoms with Crippen LogP contribution in [0.4, 0.5) is 0 Å². The quantitative estimate of drug-likeness (QED) is 0.736. The maximum absolute atomic E-state index is 12.2. The minimum Gasteiger partial charge on any atom is -0.352 e. The maximum atomic E-state index is 12.2. The van der Waals surface area contributed by atoms with Crippen LogP contribution in [0.3, 0.4) is 0 Å². The number of rotatable bonds is 7. The van der Waals surface area contributed by atoms with Crippen LogP contribution in [0.25, 0.3) is 11.4 Å². The molecule has 2 N–H and O–H groups in total. The molecule has 0 fully saturated rings. The highest BCUT2D eigenvalue weighted by Gasteiger charge is 2.17. The number of carbonyl (C=O) groups is 1. The van der Waals surface area contributed by atoms with Gasteiger partial charge in [0.25, 0.3) is 5.91 Å². The lowest BCUT2D eigenvalue weighted by Crippen LogP contribution is -2.26. The summed E-state index contributed by atoms with van der Waals surface area (Å²) in [6.45, 7) is 7.88. The SMILES string of the molecule is CNCCCNC(=O)c1cccc(-c2noc(CC(C)(C)C)n2)c1.Cl. The summed E-state index contributed by atoms with van der Waals surface area (Å²) in [6.07, 6.45) is 1.61. The van der Waals surface area contributed by atoms with Crippen LogP contribution >= 0.6 is 12.4 Å². The number of benzene rings is 1. The average molecular weight is 367 g/mol. The van der Waals surface area contributed by atoms with Gasteiger partial charge in [0, 0.05) is 24.1 Å². The Morgan fingerprint density at radius 3 is 2.68 bits per heavy atom. The van der Waals surface area contributed by atoms with E-state index in [-0.39, 0.29) is 23.7 Å². The highest BCUT2D eigenvalue weighted by molar-refractivity contribution is 5.95. The number of aromatic nitrogens is 2. The highest BCUT2D eigenvalue weighted by Crippen LogP contribution is 2.22. The zero-order chi connectivity index (χ0) is 17.6. The Morgan fingerprint density at radius 2 is 2.00 bits per heavy atom. The van der Waals surface area contributed by atoms with E-state index in [0.717, 1.165) is 18.5 Å². The Morgan fingerprint density at radius 1 is 1.24 bits per heavy atom. The summed E-state index contributed by atoms with van der Waals surface area (Å²) in [5.41, 5.74) is 1.46. The highest BCUT2D eigenvalue weighted by atomic mass is 35.5. The lowest BCUT2D eigenvalue weighted by atomic mass is 9.92. The Kier molecular flexibility index (Phi) is 8.06. The molecule has 0 spiro atoms. The molecule has 0 bridgehead atoms. The van der Waals surface area contributed by atoms with Gasteiger partial charge in [0.2, 0.25) is 11.7 Å². The van der Waals surface area contributed by atoms with Gasteiger partial charge in [0.05, 0.1) is 0 Å². The summed E-state index contributed by atoms with van der Waals surface area (Å²) in [5, 5.41) is 9.99. The minimum absolute atomic E-state index is 0. The van der Waals surface area contributed by atoms with E-state index in [1.165, 1.54) is 0 Å². The van der Waals surface area contributed by atoms with Gasteiger partial charge < -0.3 is 15.2 Å². The van der Waals surface area contributed by atoms with E-state index < -0.39 is 0 Å². The van der Waals surface area contributed by atoms with Gasteiger partial charge >= 0.3 is 0 Å². The Hall–Kier alpha value is -1.92. The second-order valence-corrected chi connectivity index (χ2v) is 7.04. The molecule has 2 aromatic rings. The molecule has 0 aliphatic carbocycles. The summed E-state index contributed by atoms with van der Waals surface area (Å²) in [4.78, 5) is 16.6. The van der Waals surface area contributed by atoms with Crippen molar-refractivity contribution >= 4 is 18.3 Å². The van der Waals surface area contributed by atoms with Crippen molar-refractivity contribution in [3.8, 4) is 11.4 Å². The molecule has 25 heavy (non-hydrogen) atoms. The third-order valence-electron chi connectivity index (χ3n) is 3.42. The van der Waals surface area contributed by atoms with Gasteiger partial charge in [0.1, 0.15) is 0 Å². The zero-order valence-electron chi connectivity index (χ0n) is 15.3. The molecule has 0 saturated heterocycles. The zero-order valence-corrected chi connectivity index (χ0v) is 16.1. The number of hydrogen-bond acceptors (Lipinski definition) is 5. The van der Waals surface area contributed by atoms with Crippen molar-refractivity contribution in [2.24, 2.45) is 5.41 Å². The van der Waals surface area contributed by atoms with E-state index in [4.69, 9.17) is 4.52 Å². The lowest BCUT2D eigenvalue weighted by Gasteiger charge is -2.13. The first kappa shape index (κ1) is 21.1. The molecule has 2 rings (SSSR count). The van der Waals surface area contributed by atoms with Crippen LogP contribution in [0.2, 0.25) is 0 Å². The van der Waals surface area contributed by atoms with E-state index in [2.05, 4.69) is 41.5 Å². The molecule has 0 atom stereocenters. The summed E-state index contributed by atoms with van der Waals surface area (Å²) in [7, 11) is 1.89. The van der Waals surface area contributed by atoms with Crippen molar-refractivity contribution in [2.75, 3.05) is 20.1 Å². The van der Waals surface area contributed by atoms with Gasteiger partial charge in [-0.2, -0.15) is 4.98 Å². The first-order chi connectivity index (χ1) is 11.4. The van der Waals surface area contributed by atoms with Crippen LogP contribution in [0.15, 0.2) is 28.8 Å². The molecule has 0 saturated carbocycles. The molecule has 1 aromatic heterocycles. The molecule has 6 nitrogen and oxygen atoms in total. The van der Waals surface area contributed by atoms with Crippen molar-refractivity contribution in [3.05, 3.63) is 35.7 Å². The fraction of sp³-hybridized carbons (Fsp3) is 0.500. The van der Waals surface area contributed by atoms with Crippen LogP contribution in [-0.4, -0.2) is 36.2 Å². The summed E-state index contributed by atoms with van der Waals surface area (Å²) in [6, 6.07) is 7.29. The van der Waals surface area contributed by atoms with E-state index in [1.807, 2.05) is 19.2 Å². The van der Waals surface area contributed by atoms with Gasteiger partial charge in [-0.05, 0) is 37.6 Å². The number of amides is 1. The normalized spacial score (nSPS) is 11.0. The molecule has 0 aliphatic heterocycles. The number of nitrogens with one attached hydrogen (secondary N) is 2. The smallest absolute Gasteiger partial charge is 0.251 e. The molecule has 1 amide bonds. The van der Waals surface area contributed by atoms with Gasteiger partial charge in [0.15, 0.2) is 0 Å². The van der Waals surface area contributed by atoms with E-state index in [9.17, 15) is 4.79 Å². The number of hydrogen-bond donors (Lipinski definition) is 2. The van der Waals surface area contributed by atoms with Crippen LogP contribution in [0.1, 0.15) is 43.4 Å². The van der Waals surface area contributed by atoms with Crippen LogP contribution < -0.4 is 10.6 Å². The first-order valence-electron chi connectivity index (χ1n) is 8.25. The predicted molar refractivity (Wildman–Crippen MR) is 101 cm³/mol. The summed E-state index contributed by atoms with van der Waals surface area (Å²) < 4.78 is 5.32. The minimum atomic E-state index is -0.0913. The Bertz CT molecular complexity index is 680. The van der Waals surface area contributed by atoms with E-state index in [0.29, 0.717) is 30.2 Å². The second kappa shape index (κ2) is 9.53. The largest absolute Gasteiger partial charge is 0.352 e. The fourth-order valence-corrected chi connectivity index (χ4v) is 2.27. The summed E-state index contributed by atoms with van der Waals surface area (Å²) >= 11 is 0. The van der Waals surface area contributed by atoms with Gasteiger partial charge in [-0.3, -0.25) is 4.79 Å². The molecular weight excluding hydrogens is 340 g/mol. The monoisotopic (exact) mass is 366 g/mol. The number of nitrogens with zero attached hydrogens (tertiary/aromatic N) is 2. The van der Waals surface area contributed by atoms with Crippen molar-refractivity contribution in [1.82, 2.24) is 20.8 Å².